The molecule has 2 heterocycles. The predicted octanol–water partition coefficient (Wildman–Crippen LogP) is 3.51. The van der Waals surface area contributed by atoms with Crippen LogP contribution in [0, 0.1) is 11.3 Å². The summed E-state index contributed by atoms with van der Waals surface area (Å²) in [7, 11) is 0. The third-order valence-electron chi connectivity index (χ3n) is 4.58. The first kappa shape index (κ1) is 13.5. The van der Waals surface area contributed by atoms with Crippen molar-refractivity contribution in [3.05, 3.63) is 30.3 Å². The Kier molecular flexibility index (Phi) is 3.93. The Bertz CT molecular complexity index is 482. The first-order valence-corrected chi connectivity index (χ1v) is 7.66. The fourth-order valence-corrected chi connectivity index (χ4v) is 3.58. The minimum Gasteiger partial charge on any atom is -0.370 e. The van der Waals surface area contributed by atoms with Crippen molar-refractivity contribution in [1.82, 2.24) is 0 Å². The molecule has 2 aliphatic rings. The molecule has 3 heteroatoms. The quantitative estimate of drug-likeness (QED) is 0.843. The van der Waals surface area contributed by atoms with E-state index in [1.807, 2.05) is 0 Å². The van der Waals surface area contributed by atoms with E-state index in [0.717, 1.165) is 32.4 Å². The summed E-state index contributed by atoms with van der Waals surface area (Å²) < 4.78 is 6.35. The highest BCUT2D eigenvalue weighted by Crippen LogP contribution is 2.40. The molecule has 3 rings (SSSR count). The molecule has 0 bridgehead atoms. The van der Waals surface area contributed by atoms with E-state index < -0.39 is 0 Å². The molecule has 2 fully saturated rings. The Balaban J connectivity index is 1.65. The SMILES string of the molecule is N#CCC[C@H]1CC[C@]2(CCCN(c3ccccc3)C2)O1. The van der Waals surface area contributed by atoms with Gasteiger partial charge in [-0.15, -0.1) is 0 Å². The first-order valence-electron chi connectivity index (χ1n) is 7.66. The third kappa shape index (κ3) is 2.81. The molecule has 0 aromatic heterocycles. The van der Waals surface area contributed by atoms with E-state index in [9.17, 15) is 0 Å². The molecule has 0 amide bonds. The summed E-state index contributed by atoms with van der Waals surface area (Å²) in [6, 6.07) is 12.9. The zero-order valence-corrected chi connectivity index (χ0v) is 11.9. The van der Waals surface area contributed by atoms with Crippen LogP contribution in [0.15, 0.2) is 30.3 Å². The van der Waals surface area contributed by atoms with Crippen LogP contribution in [0.25, 0.3) is 0 Å². The van der Waals surface area contributed by atoms with Gasteiger partial charge in [-0.3, -0.25) is 0 Å². The number of hydrogen-bond acceptors (Lipinski definition) is 3. The average Bonchev–Trinajstić information content (AvgIpc) is 2.89. The van der Waals surface area contributed by atoms with Gasteiger partial charge in [-0.1, -0.05) is 18.2 Å². The van der Waals surface area contributed by atoms with Crippen LogP contribution in [0.3, 0.4) is 0 Å². The third-order valence-corrected chi connectivity index (χ3v) is 4.58. The topological polar surface area (TPSA) is 36.3 Å². The lowest BCUT2D eigenvalue weighted by molar-refractivity contribution is -0.0504. The van der Waals surface area contributed by atoms with Crippen LogP contribution in [0.4, 0.5) is 5.69 Å². The fraction of sp³-hybridized carbons (Fsp3) is 0.588. The van der Waals surface area contributed by atoms with Crippen molar-refractivity contribution < 1.29 is 4.74 Å². The van der Waals surface area contributed by atoms with Crippen LogP contribution < -0.4 is 4.90 Å². The Morgan fingerprint density at radius 2 is 2.15 bits per heavy atom. The van der Waals surface area contributed by atoms with E-state index in [-0.39, 0.29) is 5.60 Å². The van der Waals surface area contributed by atoms with Gasteiger partial charge < -0.3 is 9.64 Å². The van der Waals surface area contributed by atoms with Crippen molar-refractivity contribution in [2.45, 2.75) is 50.2 Å². The van der Waals surface area contributed by atoms with Crippen LogP contribution in [0.1, 0.15) is 38.5 Å². The largest absolute Gasteiger partial charge is 0.370 e. The summed E-state index contributed by atoms with van der Waals surface area (Å²) in [6.07, 6.45) is 6.42. The Morgan fingerprint density at radius 1 is 1.30 bits per heavy atom. The summed E-state index contributed by atoms with van der Waals surface area (Å²) in [5.74, 6) is 0. The van der Waals surface area contributed by atoms with E-state index in [2.05, 4.69) is 41.3 Å². The predicted molar refractivity (Wildman–Crippen MR) is 79.6 cm³/mol. The molecule has 2 saturated heterocycles. The van der Waals surface area contributed by atoms with Crippen LogP contribution in [-0.4, -0.2) is 24.8 Å². The molecule has 2 aliphatic heterocycles. The molecule has 1 aromatic rings. The maximum absolute atomic E-state index is 8.71. The molecule has 1 aromatic carbocycles. The van der Waals surface area contributed by atoms with Gasteiger partial charge in [0.1, 0.15) is 0 Å². The van der Waals surface area contributed by atoms with Gasteiger partial charge in [-0.05, 0) is 44.2 Å². The molecule has 106 valence electrons. The van der Waals surface area contributed by atoms with Crippen molar-refractivity contribution in [1.29, 1.82) is 5.26 Å². The first-order chi connectivity index (χ1) is 9.81. The van der Waals surface area contributed by atoms with Crippen molar-refractivity contribution in [3.8, 4) is 6.07 Å². The zero-order chi connectivity index (χ0) is 13.8. The number of ether oxygens (including phenoxy) is 1. The fourth-order valence-electron chi connectivity index (χ4n) is 3.58. The van der Waals surface area contributed by atoms with E-state index in [1.54, 1.807) is 0 Å². The molecule has 0 aliphatic carbocycles. The molecule has 1 spiro atoms. The highest BCUT2D eigenvalue weighted by Gasteiger charge is 2.42. The maximum Gasteiger partial charge on any atom is 0.0861 e. The molecule has 0 N–H and O–H groups in total. The number of anilines is 1. The van der Waals surface area contributed by atoms with Crippen molar-refractivity contribution in [2.75, 3.05) is 18.0 Å². The molecule has 0 radical (unpaired) electrons. The highest BCUT2D eigenvalue weighted by molar-refractivity contribution is 5.47. The van der Waals surface area contributed by atoms with Gasteiger partial charge in [0.2, 0.25) is 0 Å². The Morgan fingerprint density at radius 3 is 2.95 bits per heavy atom. The van der Waals surface area contributed by atoms with Crippen molar-refractivity contribution in [2.24, 2.45) is 0 Å². The van der Waals surface area contributed by atoms with E-state index in [4.69, 9.17) is 10.00 Å². The second-order valence-corrected chi connectivity index (χ2v) is 6.02. The van der Waals surface area contributed by atoms with Gasteiger partial charge >= 0.3 is 0 Å². The normalized spacial score (nSPS) is 29.6. The van der Waals surface area contributed by atoms with Crippen LogP contribution in [0.5, 0.6) is 0 Å². The monoisotopic (exact) mass is 270 g/mol. The summed E-state index contributed by atoms with van der Waals surface area (Å²) in [6.45, 7) is 2.12. The van der Waals surface area contributed by atoms with Crippen molar-refractivity contribution in [3.63, 3.8) is 0 Å². The number of hydrogen-bond donors (Lipinski definition) is 0. The maximum atomic E-state index is 8.71. The zero-order valence-electron chi connectivity index (χ0n) is 11.9. The van der Waals surface area contributed by atoms with E-state index in [0.29, 0.717) is 12.5 Å². The summed E-state index contributed by atoms with van der Waals surface area (Å²) in [5.41, 5.74) is 1.34. The number of nitriles is 1. The minimum absolute atomic E-state index is 0.0359. The van der Waals surface area contributed by atoms with Gasteiger partial charge in [-0.2, -0.15) is 5.26 Å². The smallest absolute Gasteiger partial charge is 0.0861 e. The summed E-state index contributed by atoms with van der Waals surface area (Å²) in [4.78, 5) is 2.45. The van der Waals surface area contributed by atoms with Crippen LogP contribution in [0.2, 0.25) is 0 Å². The van der Waals surface area contributed by atoms with Crippen LogP contribution >= 0.6 is 0 Å². The van der Waals surface area contributed by atoms with Gasteiger partial charge in [-0.25, -0.2) is 0 Å². The van der Waals surface area contributed by atoms with Crippen LogP contribution in [-0.2, 0) is 4.74 Å². The number of rotatable bonds is 3. The Hall–Kier alpha value is -1.53. The van der Waals surface area contributed by atoms with Gasteiger partial charge in [0, 0.05) is 25.2 Å². The standard InChI is InChI=1S/C17H22N2O/c18-12-4-8-16-9-11-17(20-16)10-5-13-19(14-17)15-6-2-1-3-7-15/h1-3,6-7,16H,4-5,8-11,13-14H2/t16-,17-/m0/s1. The lowest BCUT2D eigenvalue weighted by Gasteiger charge is -2.41. The molecule has 20 heavy (non-hydrogen) atoms. The average molecular weight is 270 g/mol. The second-order valence-electron chi connectivity index (χ2n) is 6.02. The number of benzene rings is 1. The van der Waals surface area contributed by atoms with Gasteiger partial charge in [0.15, 0.2) is 0 Å². The lowest BCUT2D eigenvalue weighted by Crippen LogP contribution is -2.48. The molecule has 0 unspecified atom stereocenters. The van der Waals surface area contributed by atoms with Gasteiger partial charge in [0.25, 0.3) is 0 Å². The molecule has 2 atom stereocenters. The van der Waals surface area contributed by atoms with Crippen molar-refractivity contribution >= 4 is 5.69 Å². The molecule has 3 nitrogen and oxygen atoms in total. The highest BCUT2D eigenvalue weighted by atomic mass is 16.5. The van der Waals surface area contributed by atoms with E-state index in [1.165, 1.54) is 18.5 Å². The van der Waals surface area contributed by atoms with E-state index >= 15 is 0 Å². The lowest BCUT2D eigenvalue weighted by atomic mass is 9.89. The number of para-hydroxylation sites is 1. The van der Waals surface area contributed by atoms with Gasteiger partial charge in [0.05, 0.1) is 17.8 Å². The minimum atomic E-state index is 0.0359. The molecule has 0 saturated carbocycles. The Labute approximate surface area is 121 Å². The number of piperidine rings is 1. The molecular formula is C17H22N2O. The summed E-state index contributed by atoms with van der Waals surface area (Å²) >= 11 is 0. The number of nitrogens with zero attached hydrogens (tertiary/aromatic N) is 2. The summed E-state index contributed by atoms with van der Waals surface area (Å²) in [5, 5.41) is 8.71. The second kappa shape index (κ2) is 5.85. The molecular weight excluding hydrogens is 248 g/mol.